The number of sulfonamides is 1. The van der Waals surface area contributed by atoms with Crippen LogP contribution in [-0.2, 0) is 15.9 Å². The lowest BCUT2D eigenvalue weighted by Gasteiger charge is -2.18. The molecule has 0 aliphatic rings. The summed E-state index contributed by atoms with van der Waals surface area (Å²) in [5, 5.41) is 0. The fraction of sp³-hybridized carbons (Fsp3) is 0.500. The van der Waals surface area contributed by atoms with Gasteiger partial charge in [-0.1, -0.05) is 0 Å². The highest BCUT2D eigenvalue weighted by atomic mass is 79.9. The highest BCUT2D eigenvalue weighted by molar-refractivity contribution is 9.11. The van der Waals surface area contributed by atoms with Crippen LogP contribution in [0, 0.1) is 0 Å². The van der Waals surface area contributed by atoms with Crippen molar-refractivity contribution in [1.82, 2.24) is 4.31 Å². The van der Waals surface area contributed by atoms with Gasteiger partial charge in [0.25, 0.3) is 0 Å². The Labute approximate surface area is 120 Å². The third-order valence-electron chi connectivity index (χ3n) is 1.93. The van der Waals surface area contributed by atoms with Crippen LogP contribution >= 0.6 is 38.9 Å². The molecule has 18 heavy (non-hydrogen) atoms. The number of rotatable bonds is 4. The summed E-state index contributed by atoms with van der Waals surface area (Å²) in [5.41, 5.74) is 0. The zero-order valence-electron chi connectivity index (χ0n) is 8.96. The summed E-state index contributed by atoms with van der Waals surface area (Å²) in [5.74, 6) is 0.0990. The number of thiophene rings is 1. The maximum absolute atomic E-state index is 12.2. The fourth-order valence-electron chi connectivity index (χ4n) is 1.14. The molecule has 3 nitrogen and oxygen atoms in total. The molecule has 10 heteroatoms. The summed E-state index contributed by atoms with van der Waals surface area (Å²) >= 11 is 9.64. The minimum Gasteiger partial charge on any atom is -0.207 e. The first-order valence-corrected chi connectivity index (χ1v) is 8.03. The molecule has 0 aromatic carbocycles. The Morgan fingerprint density at radius 1 is 1.50 bits per heavy atom. The first kappa shape index (κ1) is 16.2. The summed E-state index contributed by atoms with van der Waals surface area (Å²) in [6.45, 7) is -1.53. The van der Waals surface area contributed by atoms with E-state index >= 15 is 0 Å². The summed E-state index contributed by atoms with van der Waals surface area (Å²) in [4.78, 5) is 0.359. The third kappa shape index (κ3) is 3.83. The molecular formula is C8H8BrClF3NO2S2. The molecule has 0 saturated heterocycles. The Kier molecular flexibility index (Phi) is 5.10. The Morgan fingerprint density at radius 3 is 2.44 bits per heavy atom. The van der Waals surface area contributed by atoms with Gasteiger partial charge in [-0.05, 0) is 22.0 Å². The molecule has 1 rings (SSSR count). The van der Waals surface area contributed by atoms with Gasteiger partial charge in [0.05, 0.1) is 9.67 Å². The van der Waals surface area contributed by atoms with E-state index in [1.54, 1.807) is 0 Å². The largest absolute Gasteiger partial charge is 0.402 e. The van der Waals surface area contributed by atoms with Crippen molar-refractivity contribution in [2.75, 3.05) is 13.6 Å². The number of halogens is 5. The lowest BCUT2D eigenvalue weighted by molar-refractivity contribution is -0.134. The number of hydrogen-bond donors (Lipinski definition) is 0. The SMILES string of the molecule is CN(CC(F)(F)F)S(=O)(=O)c1cc(CCl)sc1Br. The first-order valence-electron chi connectivity index (χ1n) is 4.45. The normalized spacial score (nSPS) is 13.3. The molecular weight excluding hydrogens is 379 g/mol. The highest BCUT2D eigenvalue weighted by Gasteiger charge is 2.36. The van der Waals surface area contributed by atoms with Crippen LogP contribution in [0.5, 0.6) is 0 Å². The van der Waals surface area contributed by atoms with E-state index in [0.717, 1.165) is 18.4 Å². The molecule has 0 spiro atoms. The van der Waals surface area contributed by atoms with Crippen LogP contribution in [0.1, 0.15) is 4.88 Å². The second-order valence-corrected chi connectivity index (χ2v) is 8.10. The molecule has 0 bridgehead atoms. The van der Waals surface area contributed by atoms with Crippen molar-refractivity contribution in [3.8, 4) is 0 Å². The quantitative estimate of drug-likeness (QED) is 0.744. The van der Waals surface area contributed by atoms with Crippen LogP contribution in [0.3, 0.4) is 0 Å². The van der Waals surface area contributed by atoms with Crippen molar-refractivity contribution in [3.63, 3.8) is 0 Å². The van der Waals surface area contributed by atoms with Gasteiger partial charge >= 0.3 is 6.18 Å². The van der Waals surface area contributed by atoms with Crippen molar-refractivity contribution in [2.45, 2.75) is 17.0 Å². The first-order chi connectivity index (χ1) is 8.08. The number of hydrogen-bond acceptors (Lipinski definition) is 3. The van der Waals surface area contributed by atoms with Crippen molar-refractivity contribution in [3.05, 3.63) is 14.7 Å². The summed E-state index contributed by atoms with van der Waals surface area (Å²) in [6.07, 6.45) is -4.58. The maximum atomic E-state index is 12.2. The number of alkyl halides is 4. The van der Waals surface area contributed by atoms with Gasteiger partial charge in [-0.15, -0.1) is 22.9 Å². The molecule has 104 valence electrons. The second kappa shape index (κ2) is 5.66. The van der Waals surface area contributed by atoms with Crippen LogP contribution in [-0.4, -0.2) is 32.5 Å². The highest BCUT2D eigenvalue weighted by Crippen LogP contribution is 2.34. The van der Waals surface area contributed by atoms with Gasteiger partial charge in [-0.3, -0.25) is 0 Å². The lowest BCUT2D eigenvalue weighted by atomic mass is 10.5. The second-order valence-electron chi connectivity index (χ2n) is 3.36. The molecule has 0 aliphatic heterocycles. The van der Waals surface area contributed by atoms with E-state index in [4.69, 9.17) is 11.6 Å². The monoisotopic (exact) mass is 385 g/mol. The van der Waals surface area contributed by atoms with Crippen LogP contribution in [0.25, 0.3) is 0 Å². The van der Waals surface area contributed by atoms with E-state index in [2.05, 4.69) is 15.9 Å². The van der Waals surface area contributed by atoms with E-state index in [9.17, 15) is 21.6 Å². The standard InChI is InChI=1S/C8H8BrClF3NO2S2/c1-14(4-8(11,12)13)18(15,16)6-2-5(3-10)17-7(6)9/h2H,3-4H2,1H3. The molecule has 1 heterocycles. The fourth-order valence-corrected chi connectivity index (χ4v) is 5.02. The van der Waals surface area contributed by atoms with Crippen molar-refractivity contribution >= 4 is 48.9 Å². The average Bonchev–Trinajstić information content (AvgIpc) is 2.57. The topological polar surface area (TPSA) is 37.4 Å². The van der Waals surface area contributed by atoms with Crippen LogP contribution in [0.2, 0.25) is 0 Å². The Morgan fingerprint density at radius 2 is 2.06 bits per heavy atom. The summed E-state index contributed by atoms with van der Waals surface area (Å²) < 4.78 is 60.9. The van der Waals surface area contributed by atoms with Gasteiger partial charge in [0.1, 0.15) is 11.4 Å². The van der Waals surface area contributed by atoms with Gasteiger partial charge in [0.2, 0.25) is 10.0 Å². The Hall–Kier alpha value is 0.170. The molecule has 1 aromatic rings. The molecule has 0 saturated carbocycles. The van der Waals surface area contributed by atoms with Gasteiger partial charge in [0.15, 0.2) is 0 Å². The summed E-state index contributed by atoms with van der Waals surface area (Å²) in [6, 6.07) is 1.27. The van der Waals surface area contributed by atoms with Crippen LogP contribution in [0.4, 0.5) is 13.2 Å². The van der Waals surface area contributed by atoms with Crippen molar-refractivity contribution in [2.24, 2.45) is 0 Å². The van der Waals surface area contributed by atoms with E-state index in [1.165, 1.54) is 6.07 Å². The van der Waals surface area contributed by atoms with Gasteiger partial charge in [0, 0.05) is 11.9 Å². The number of nitrogens with zero attached hydrogens (tertiary/aromatic N) is 1. The zero-order chi connectivity index (χ0) is 14.1. The minimum atomic E-state index is -4.58. The molecule has 0 amide bonds. The van der Waals surface area contributed by atoms with Gasteiger partial charge in [-0.2, -0.15) is 17.5 Å². The van der Waals surface area contributed by atoms with E-state index in [0.29, 0.717) is 4.88 Å². The average molecular weight is 387 g/mol. The zero-order valence-corrected chi connectivity index (χ0v) is 12.9. The molecule has 0 N–H and O–H groups in total. The lowest BCUT2D eigenvalue weighted by Crippen LogP contribution is -2.35. The predicted molar refractivity (Wildman–Crippen MR) is 67.4 cm³/mol. The smallest absolute Gasteiger partial charge is 0.207 e. The van der Waals surface area contributed by atoms with Gasteiger partial charge < -0.3 is 0 Å². The van der Waals surface area contributed by atoms with E-state index < -0.39 is 22.7 Å². The Balaban J connectivity index is 3.09. The maximum Gasteiger partial charge on any atom is 0.402 e. The molecule has 0 aliphatic carbocycles. The van der Waals surface area contributed by atoms with Crippen molar-refractivity contribution < 1.29 is 21.6 Å². The van der Waals surface area contributed by atoms with Crippen molar-refractivity contribution in [1.29, 1.82) is 0 Å². The van der Waals surface area contributed by atoms with E-state index in [1.807, 2.05) is 0 Å². The molecule has 0 unspecified atom stereocenters. The predicted octanol–water partition coefficient (Wildman–Crippen LogP) is 3.43. The molecule has 0 fully saturated rings. The third-order valence-corrected chi connectivity index (χ3v) is 6.43. The van der Waals surface area contributed by atoms with Crippen LogP contribution < -0.4 is 0 Å². The van der Waals surface area contributed by atoms with Crippen LogP contribution in [0.15, 0.2) is 14.7 Å². The molecule has 0 radical (unpaired) electrons. The minimum absolute atomic E-state index is 0.0990. The summed E-state index contributed by atoms with van der Waals surface area (Å²) in [7, 11) is -3.29. The Bertz CT molecular complexity index is 529. The van der Waals surface area contributed by atoms with Gasteiger partial charge in [-0.25, -0.2) is 8.42 Å². The molecule has 1 aromatic heterocycles. The molecule has 0 atom stereocenters. The van der Waals surface area contributed by atoms with E-state index in [-0.39, 0.29) is 18.9 Å².